The average molecular weight is 355 g/mol. The predicted octanol–water partition coefficient (Wildman–Crippen LogP) is 3.42. The van der Waals surface area contributed by atoms with E-state index in [0.717, 1.165) is 35.3 Å². The van der Waals surface area contributed by atoms with Crippen LogP contribution in [0.2, 0.25) is 0 Å². The lowest BCUT2D eigenvalue weighted by Crippen LogP contribution is -2.57. The van der Waals surface area contributed by atoms with Gasteiger partial charge in [-0.2, -0.15) is 0 Å². The Kier molecular flexibility index (Phi) is 4.74. The van der Waals surface area contributed by atoms with E-state index in [1.807, 2.05) is 43.3 Å². The molecule has 1 fully saturated rings. The molecule has 1 aromatic heterocycles. The first-order valence-electron chi connectivity index (χ1n) is 9.15. The predicted molar refractivity (Wildman–Crippen MR) is 100 cm³/mol. The summed E-state index contributed by atoms with van der Waals surface area (Å²) in [5, 5.41) is 11.2. The van der Waals surface area contributed by atoms with Crippen LogP contribution in [0.25, 0.3) is 11.0 Å². The lowest BCUT2D eigenvalue weighted by atomic mass is 9.87. The number of furan rings is 1. The highest BCUT2D eigenvalue weighted by molar-refractivity contribution is 5.79. The Labute approximate surface area is 153 Å². The summed E-state index contributed by atoms with van der Waals surface area (Å²) >= 11 is 0. The first kappa shape index (κ1) is 17.2. The molecule has 5 heteroatoms. The van der Waals surface area contributed by atoms with Gasteiger partial charge in [-0.25, -0.2) is 0 Å². The van der Waals surface area contributed by atoms with Crippen molar-refractivity contribution in [3.8, 4) is 5.75 Å². The Morgan fingerprint density at radius 1 is 1.23 bits per heavy atom. The highest BCUT2D eigenvalue weighted by Gasteiger charge is 2.40. The fourth-order valence-corrected chi connectivity index (χ4v) is 3.86. The highest BCUT2D eigenvalue weighted by Crippen LogP contribution is 2.32. The van der Waals surface area contributed by atoms with Gasteiger partial charge in [-0.15, -0.1) is 0 Å². The van der Waals surface area contributed by atoms with Gasteiger partial charge in [-0.05, 0) is 50.1 Å². The Bertz CT molecular complexity index is 817. The molecule has 4 rings (SSSR count). The fraction of sp³-hybridized carbons (Fsp3) is 0.429. The number of aryl methyl sites for hydroxylation is 1. The molecule has 0 bridgehead atoms. The smallest absolute Gasteiger partial charge is 0.134 e. The maximum Gasteiger partial charge on any atom is 0.134 e. The van der Waals surface area contributed by atoms with E-state index in [0.29, 0.717) is 19.8 Å². The van der Waals surface area contributed by atoms with E-state index in [1.54, 1.807) is 0 Å². The number of hydrogen-bond donors (Lipinski definition) is 1. The summed E-state index contributed by atoms with van der Waals surface area (Å²) in [6, 6.07) is 7.98. The molecular weight excluding hydrogens is 330 g/mol. The molecule has 5 nitrogen and oxygen atoms in total. The second-order valence-corrected chi connectivity index (χ2v) is 7.06. The topological polar surface area (TPSA) is 55.1 Å². The standard InChI is InChI=1S/C21H25NO4/c1-16-12-17-13-19(5-6-20(17)26-16)25-14-18-4-2-3-9-22(18)21(15-23)7-10-24-11-8-21/h2-6,9,12-13,18,23H,7-8,10-11,14-15H2,1H3. The molecule has 0 radical (unpaired) electrons. The molecule has 2 aromatic rings. The number of rotatable bonds is 5. The van der Waals surface area contributed by atoms with Crippen LogP contribution in [-0.2, 0) is 4.74 Å². The van der Waals surface area contributed by atoms with Gasteiger partial charge in [0.25, 0.3) is 0 Å². The lowest BCUT2D eigenvalue weighted by Gasteiger charge is -2.48. The quantitative estimate of drug-likeness (QED) is 0.891. The first-order valence-corrected chi connectivity index (χ1v) is 9.15. The van der Waals surface area contributed by atoms with E-state index in [9.17, 15) is 5.11 Å². The minimum atomic E-state index is -0.279. The van der Waals surface area contributed by atoms with Crippen molar-refractivity contribution in [2.75, 3.05) is 26.4 Å². The molecule has 0 saturated carbocycles. The number of ether oxygens (including phenoxy) is 2. The average Bonchev–Trinajstić information content (AvgIpc) is 3.06. The Morgan fingerprint density at radius 3 is 2.88 bits per heavy atom. The number of aliphatic hydroxyl groups is 1. The zero-order valence-corrected chi connectivity index (χ0v) is 15.1. The van der Waals surface area contributed by atoms with Crippen LogP contribution in [-0.4, -0.2) is 48.0 Å². The van der Waals surface area contributed by atoms with E-state index in [1.165, 1.54) is 0 Å². The van der Waals surface area contributed by atoms with Gasteiger partial charge in [0, 0.05) is 24.8 Å². The van der Waals surface area contributed by atoms with E-state index in [2.05, 4.69) is 17.2 Å². The zero-order chi connectivity index (χ0) is 18.0. The van der Waals surface area contributed by atoms with Crippen molar-refractivity contribution in [2.45, 2.75) is 31.3 Å². The maximum absolute atomic E-state index is 10.1. The Hall–Kier alpha value is -2.24. The molecule has 1 N–H and O–H groups in total. The summed E-state index contributed by atoms with van der Waals surface area (Å²) in [5.74, 6) is 1.72. The van der Waals surface area contributed by atoms with Crippen molar-refractivity contribution in [2.24, 2.45) is 0 Å². The molecule has 2 aliphatic heterocycles. The molecule has 1 atom stereocenters. The van der Waals surface area contributed by atoms with Crippen LogP contribution in [0.15, 0.2) is 53.1 Å². The van der Waals surface area contributed by atoms with E-state index in [4.69, 9.17) is 13.9 Å². The van der Waals surface area contributed by atoms with Crippen LogP contribution in [0.5, 0.6) is 5.75 Å². The second kappa shape index (κ2) is 7.17. The number of benzene rings is 1. The van der Waals surface area contributed by atoms with Crippen molar-refractivity contribution in [1.82, 2.24) is 4.90 Å². The van der Waals surface area contributed by atoms with E-state index < -0.39 is 0 Å². The molecule has 1 saturated heterocycles. The highest BCUT2D eigenvalue weighted by atomic mass is 16.5. The van der Waals surface area contributed by atoms with Crippen LogP contribution in [0.1, 0.15) is 18.6 Å². The third kappa shape index (κ3) is 3.24. The van der Waals surface area contributed by atoms with Crippen molar-refractivity contribution in [1.29, 1.82) is 0 Å². The summed E-state index contributed by atoms with van der Waals surface area (Å²) in [7, 11) is 0. The van der Waals surface area contributed by atoms with Crippen LogP contribution in [0.3, 0.4) is 0 Å². The number of aliphatic hydroxyl groups excluding tert-OH is 1. The monoisotopic (exact) mass is 355 g/mol. The van der Waals surface area contributed by atoms with Crippen molar-refractivity contribution >= 4 is 11.0 Å². The number of fused-ring (bicyclic) bond motifs is 1. The van der Waals surface area contributed by atoms with Gasteiger partial charge in [0.15, 0.2) is 0 Å². The largest absolute Gasteiger partial charge is 0.491 e. The molecule has 0 spiro atoms. The molecule has 1 aromatic carbocycles. The van der Waals surface area contributed by atoms with Gasteiger partial charge in [0.05, 0.1) is 18.2 Å². The summed E-state index contributed by atoms with van der Waals surface area (Å²) in [6.07, 6.45) is 9.89. The molecule has 0 aliphatic carbocycles. The molecular formula is C21H25NO4. The molecule has 2 aliphatic rings. The van der Waals surface area contributed by atoms with Crippen LogP contribution < -0.4 is 4.74 Å². The van der Waals surface area contributed by atoms with E-state index in [-0.39, 0.29) is 18.2 Å². The number of nitrogens with zero attached hydrogens (tertiary/aromatic N) is 1. The van der Waals surface area contributed by atoms with Crippen LogP contribution in [0, 0.1) is 6.92 Å². The van der Waals surface area contributed by atoms with Gasteiger partial charge < -0.3 is 23.9 Å². The normalized spacial score (nSPS) is 22.1. The van der Waals surface area contributed by atoms with Gasteiger partial charge in [-0.3, -0.25) is 0 Å². The van der Waals surface area contributed by atoms with Crippen molar-refractivity contribution in [3.05, 3.63) is 54.5 Å². The fourth-order valence-electron chi connectivity index (χ4n) is 3.86. The van der Waals surface area contributed by atoms with Crippen molar-refractivity contribution < 1.29 is 19.0 Å². The molecule has 138 valence electrons. The van der Waals surface area contributed by atoms with E-state index >= 15 is 0 Å². The van der Waals surface area contributed by atoms with Gasteiger partial charge in [0.2, 0.25) is 0 Å². The molecule has 1 unspecified atom stereocenters. The van der Waals surface area contributed by atoms with Gasteiger partial charge in [0.1, 0.15) is 23.7 Å². The number of hydrogen-bond acceptors (Lipinski definition) is 5. The summed E-state index contributed by atoms with van der Waals surface area (Å²) in [4.78, 5) is 2.25. The van der Waals surface area contributed by atoms with Gasteiger partial charge in [-0.1, -0.05) is 12.2 Å². The summed E-state index contributed by atoms with van der Waals surface area (Å²) < 4.78 is 17.2. The van der Waals surface area contributed by atoms with Crippen LogP contribution in [0.4, 0.5) is 0 Å². The third-order valence-electron chi connectivity index (χ3n) is 5.35. The van der Waals surface area contributed by atoms with Gasteiger partial charge >= 0.3 is 0 Å². The lowest BCUT2D eigenvalue weighted by molar-refractivity contribution is -0.0510. The summed E-state index contributed by atoms with van der Waals surface area (Å²) in [6.45, 7) is 3.94. The third-order valence-corrected chi connectivity index (χ3v) is 5.35. The summed E-state index contributed by atoms with van der Waals surface area (Å²) in [5.41, 5.74) is 0.595. The number of allylic oxidation sites excluding steroid dienone is 2. The SMILES string of the molecule is Cc1cc2cc(OCC3C=CC=CN3C3(CO)CCOCC3)ccc2o1. The Morgan fingerprint density at radius 2 is 2.08 bits per heavy atom. The maximum atomic E-state index is 10.1. The molecule has 26 heavy (non-hydrogen) atoms. The minimum absolute atomic E-state index is 0.0760. The van der Waals surface area contributed by atoms with Crippen molar-refractivity contribution in [3.63, 3.8) is 0 Å². The second-order valence-electron chi connectivity index (χ2n) is 7.06. The molecule has 3 heterocycles. The van der Waals surface area contributed by atoms with Crippen LogP contribution >= 0.6 is 0 Å². The Balaban J connectivity index is 1.49. The first-order chi connectivity index (χ1) is 12.7. The zero-order valence-electron chi connectivity index (χ0n) is 15.1. The minimum Gasteiger partial charge on any atom is -0.491 e. The molecule has 0 amide bonds.